The first-order valence-corrected chi connectivity index (χ1v) is 6.42. The second-order valence-corrected chi connectivity index (χ2v) is 5.87. The molecule has 1 rings (SSSR count). The quantitative estimate of drug-likeness (QED) is 0.618. The molecule has 13 heavy (non-hydrogen) atoms. The zero-order chi connectivity index (χ0) is 9.90. The third-order valence-electron chi connectivity index (χ3n) is 2.11. The smallest absolute Gasteiger partial charge is 0.166 e. The summed E-state index contributed by atoms with van der Waals surface area (Å²) in [6.07, 6.45) is 0.752. The molecule has 76 valence electrons. The molecule has 1 saturated heterocycles. The number of nitrogens with one attached hydrogen (secondary N) is 2. The van der Waals surface area contributed by atoms with Crippen LogP contribution in [0.1, 0.15) is 6.42 Å². The first kappa shape index (κ1) is 10.7. The Labute approximate surface area is 84.0 Å². The van der Waals surface area contributed by atoms with Crippen molar-refractivity contribution in [2.75, 3.05) is 25.1 Å². The van der Waals surface area contributed by atoms with Gasteiger partial charge in [-0.2, -0.15) is 0 Å². The lowest BCUT2D eigenvalue weighted by atomic mass is 10.1. The van der Waals surface area contributed by atoms with E-state index >= 15 is 0 Å². The Morgan fingerprint density at radius 1 is 1.62 bits per heavy atom. The molecule has 1 aliphatic rings. The summed E-state index contributed by atoms with van der Waals surface area (Å²) in [5, 5.41) is 6.32. The molecular weight excluding hydrogens is 208 g/mol. The Bertz CT molecular complexity index is 287. The number of thiocarbonyl (C=S) groups is 1. The van der Waals surface area contributed by atoms with Crippen molar-refractivity contribution >= 4 is 27.2 Å². The molecule has 0 amide bonds. The number of hydrogen-bond acceptors (Lipinski definition) is 3. The Balaban J connectivity index is 2.29. The van der Waals surface area contributed by atoms with Gasteiger partial charge in [0.2, 0.25) is 0 Å². The number of hydrogen-bond donors (Lipinski definition) is 2. The van der Waals surface area contributed by atoms with Gasteiger partial charge in [-0.25, -0.2) is 8.42 Å². The van der Waals surface area contributed by atoms with Gasteiger partial charge in [0.25, 0.3) is 0 Å². The van der Waals surface area contributed by atoms with Crippen LogP contribution in [-0.4, -0.2) is 38.6 Å². The van der Waals surface area contributed by atoms with Gasteiger partial charge >= 0.3 is 0 Å². The van der Waals surface area contributed by atoms with Gasteiger partial charge in [0.15, 0.2) is 14.9 Å². The van der Waals surface area contributed by atoms with E-state index in [1.54, 1.807) is 7.05 Å². The van der Waals surface area contributed by atoms with Crippen LogP contribution in [0, 0.1) is 5.92 Å². The van der Waals surface area contributed by atoms with Crippen LogP contribution in [0.25, 0.3) is 0 Å². The van der Waals surface area contributed by atoms with E-state index in [-0.39, 0.29) is 5.92 Å². The summed E-state index contributed by atoms with van der Waals surface area (Å²) in [4.78, 5) is 0. The Morgan fingerprint density at radius 2 is 2.31 bits per heavy atom. The highest BCUT2D eigenvalue weighted by Gasteiger charge is 2.27. The van der Waals surface area contributed by atoms with Gasteiger partial charge in [0, 0.05) is 13.6 Å². The lowest BCUT2D eigenvalue weighted by Gasteiger charge is -2.10. The van der Waals surface area contributed by atoms with Crippen molar-refractivity contribution in [1.82, 2.24) is 10.6 Å². The summed E-state index contributed by atoms with van der Waals surface area (Å²) in [5.41, 5.74) is 0. The largest absolute Gasteiger partial charge is 0.366 e. The fourth-order valence-electron chi connectivity index (χ4n) is 1.36. The minimum atomic E-state index is -2.75. The van der Waals surface area contributed by atoms with Gasteiger partial charge < -0.3 is 10.6 Å². The van der Waals surface area contributed by atoms with Crippen LogP contribution in [0.4, 0.5) is 0 Å². The van der Waals surface area contributed by atoms with Crippen LogP contribution >= 0.6 is 12.2 Å². The summed E-state index contributed by atoms with van der Waals surface area (Å²) >= 11 is 4.88. The van der Waals surface area contributed by atoms with Crippen molar-refractivity contribution in [1.29, 1.82) is 0 Å². The van der Waals surface area contributed by atoms with Gasteiger partial charge in [-0.1, -0.05) is 0 Å². The van der Waals surface area contributed by atoms with E-state index in [0.29, 0.717) is 23.2 Å². The highest BCUT2D eigenvalue weighted by Crippen LogP contribution is 2.17. The first-order valence-electron chi connectivity index (χ1n) is 4.19. The summed E-state index contributed by atoms with van der Waals surface area (Å²) in [5.74, 6) is 0.842. The molecule has 1 fully saturated rings. The SMILES string of the molecule is CNC(=S)NCC1CCS(=O)(=O)C1. The summed E-state index contributed by atoms with van der Waals surface area (Å²) in [6.45, 7) is 0.652. The average Bonchev–Trinajstić information content (AvgIpc) is 2.41. The van der Waals surface area contributed by atoms with E-state index in [2.05, 4.69) is 10.6 Å². The van der Waals surface area contributed by atoms with Crippen molar-refractivity contribution < 1.29 is 8.42 Å². The van der Waals surface area contributed by atoms with Crippen LogP contribution in [-0.2, 0) is 9.84 Å². The molecule has 2 N–H and O–H groups in total. The van der Waals surface area contributed by atoms with E-state index in [0.717, 1.165) is 6.42 Å². The van der Waals surface area contributed by atoms with E-state index < -0.39 is 9.84 Å². The molecule has 0 radical (unpaired) electrons. The van der Waals surface area contributed by atoms with Crippen molar-refractivity contribution in [3.05, 3.63) is 0 Å². The Kier molecular flexibility index (Phi) is 3.49. The van der Waals surface area contributed by atoms with Crippen molar-refractivity contribution in [2.24, 2.45) is 5.92 Å². The van der Waals surface area contributed by atoms with E-state index in [9.17, 15) is 8.42 Å². The highest BCUT2D eigenvalue weighted by atomic mass is 32.2. The fraction of sp³-hybridized carbons (Fsp3) is 0.857. The maximum Gasteiger partial charge on any atom is 0.166 e. The van der Waals surface area contributed by atoms with Gasteiger partial charge in [0.1, 0.15) is 0 Å². The van der Waals surface area contributed by atoms with E-state index in [1.165, 1.54) is 0 Å². The van der Waals surface area contributed by atoms with Crippen LogP contribution in [0.15, 0.2) is 0 Å². The lowest BCUT2D eigenvalue weighted by molar-refractivity contribution is 0.571. The summed E-state index contributed by atoms with van der Waals surface area (Å²) in [7, 11) is -1.02. The van der Waals surface area contributed by atoms with Crippen molar-refractivity contribution in [3.8, 4) is 0 Å². The monoisotopic (exact) mass is 222 g/mol. The maximum atomic E-state index is 11.1. The molecule has 1 aliphatic heterocycles. The molecule has 4 nitrogen and oxygen atoms in total. The predicted molar refractivity (Wildman–Crippen MR) is 56.4 cm³/mol. The van der Waals surface area contributed by atoms with Crippen LogP contribution in [0.5, 0.6) is 0 Å². The zero-order valence-corrected chi connectivity index (χ0v) is 9.17. The van der Waals surface area contributed by atoms with Gasteiger partial charge in [0.05, 0.1) is 11.5 Å². The van der Waals surface area contributed by atoms with Gasteiger partial charge in [-0.3, -0.25) is 0 Å². The second-order valence-electron chi connectivity index (χ2n) is 3.23. The average molecular weight is 222 g/mol. The van der Waals surface area contributed by atoms with E-state index in [1.807, 2.05) is 0 Å². The molecule has 1 atom stereocenters. The fourth-order valence-corrected chi connectivity index (χ4v) is 3.30. The molecule has 0 aromatic heterocycles. The Morgan fingerprint density at radius 3 is 2.77 bits per heavy atom. The topological polar surface area (TPSA) is 58.2 Å². The van der Waals surface area contributed by atoms with Crippen LogP contribution in [0.2, 0.25) is 0 Å². The van der Waals surface area contributed by atoms with Crippen molar-refractivity contribution in [2.45, 2.75) is 6.42 Å². The predicted octanol–water partition coefficient (Wildman–Crippen LogP) is -0.485. The van der Waals surface area contributed by atoms with Crippen molar-refractivity contribution in [3.63, 3.8) is 0 Å². The van der Waals surface area contributed by atoms with Crippen LogP contribution in [0.3, 0.4) is 0 Å². The lowest BCUT2D eigenvalue weighted by Crippen LogP contribution is -2.36. The molecule has 0 aromatic rings. The molecule has 0 bridgehead atoms. The third-order valence-corrected chi connectivity index (χ3v) is 4.29. The Hall–Kier alpha value is -0.360. The standard InChI is InChI=1S/C7H14N2O2S2/c1-8-7(12)9-4-6-2-3-13(10,11)5-6/h6H,2-5H2,1H3,(H2,8,9,12). The molecular formula is C7H14N2O2S2. The molecule has 1 heterocycles. The summed E-state index contributed by atoms with van der Waals surface area (Å²) < 4.78 is 22.2. The summed E-state index contributed by atoms with van der Waals surface area (Å²) in [6, 6.07) is 0. The third kappa shape index (κ3) is 3.48. The number of sulfone groups is 1. The second kappa shape index (κ2) is 4.23. The minimum absolute atomic E-state index is 0.219. The molecule has 1 unspecified atom stereocenters. The van der Waals surface area contributed by atoms with Gasteiger partial charge in [-0.15, -0.1) is 0 Å². The zero-order valence-electron chi connectivity index (χ0n) is 7.54. The minimum Gasteiger partial charge on any atom is -0.366 e. The molecule has 0 spiro atoms. The molecule has 6 heteroatoms. The maximum absolute atomic E-state index is 11.1. The van der Waals surface area contributed by atoms with Gasteiger partial charge in [-0.05, 0) is 24.6 Å². The molecule has 0 aliphatic carbocycles. The normalized spacial score (nSPS) is 25.5. The number of rotatable bonds is 2. The molecule has 0 aromatic carbocycles. The van der Waals surface area contributed by atoms with E-state index in [4.69, 9.17) is 12.2 Å². The molecule has 0 saturated carbocycles. The van der Waals surface area contributed by atoms with Crippen LogP contribution < -0.4 is 10.6 Å². The highest BCUT2D eigenvalue weighted by molar-refractivity contribution is 7.91. The first-order chi connectivity index (χ1) is 6.03.